The second-order valence-corrected chi connectivity index (χ2v) is 6.20. The molecule has 0 saturated carbocycles. The van der Waals surface area contributed by atoms with E-state index in [-0.39, 0.29) is 0 Å². The number of carbonyl (C=O) groups is 1. The Morgan fingerprint density at radius 2 is 1.76 bits per heavy atom. The second-order valence-electron chi connectivity index (χ2n) is 4.37. The minimum Gasteiger partial charge on any atom is -0.496 e. The molecule has 2 rings (SSSR count). The lowest BCUT2D eigenvalue weighted by Gasteiger charge is -2.20. The number of primary amides is 1. The fourth-order valence-corrected chi connectivity index (χ4v) is 2.59. The van der Waals surface area contributed by atoms with Crippen LogP contribution in [-0.2, 0) is 4.79 Å². The molecule has 0 saturated heterocycles. The summed E-state index contributed by atoms with van der Waals surface area (Å²) in [4.78, 5) is 11.8. The third-order valence-electron chi connectivity index (χ3n) is 2.94. The van der Waals surface area contributed by atoms with Crippen molar-refractivity contribution in [1.82, 2.24) is 0 Å². The molecule has 0 aliphatic carbocycles. The second kappa shape index (κ2) is 6.95. The number of carbonyl (C=O) groups excluding carboxylic acids is 1. The predicted molar refractivity (Wildman–Crippen MR) is 90.4 cm³/mol. The summed E-state index contributed by atoms with van der Waals surface area (Å²) < 4.78 is 7.12. The third-order valence-corrected chi connectivity index (χ3v) is 3.96. The highest BCUT2D eigenvalue weighted by atomic mass is 79.9. The first-order chi connectivity index (χ1) is 10.0. The van der Waals surface area contributed by atoms with Crippen LogP contribution >= 0.6 is 31.9 Å². The Morgan fingerprint density at radius 1 is 1.14 bits per heavy atom. The van der Waals surface area contributed by atoms with Crippen molar-refractivity contribution in [2.75, 3.05) is 12.4 Å². The molecule has 4 nitrogen and oxygen atoms in total. The Morgan fingerprint density at radius 3 is 2.33 bits per heavy atom. The molecule has 1 atom stereocenters. The largest absolute Gasteiger partial charge is 0.496 e. The van der Waals surface area contributed by atoms with E-state index in [9.17, 15) is 4.79 Å². The zero-order valence-electron chi connectivity index (χ0n) is 11.3. The van der Waals surface area contributed by atoms with Crippen LogP contribution in [0.3, 0.4) is 0 Å². The van der Waals surface area contributed by atoms with E-state index in [0.717, 1.165) is 14.6 Å². The van der Waals surface area contributed by atoms with E-state index in [1.165, 1.54) is 0 Å². The number of methoxy groups -OCH3 is 1. The van der Waals surface area contributed by atoms with E-state index in [2.05, 4.69) is 37.2 Å². The van der Waals surface area contributed by atoms with Crippen molar-refractivity contribution >= 4 is 43.5 Å². The molecule has 1 unspecified atom stereocenters. The SMILES string of the molecule is COc1ccc(Br)cc1C(Nc1ccc(Br)cc1)C(N)=O. The van der Waals surface area contributed by atoms with Crippen LogP contribution < -0.4 is 15.8 Å². The fourth-order valence-electron chi connectivity index (χ4n) is 1.95. The summed E-state index contributed by atoms with van der Waals surface area (Å²) in [5.74, 6) is 0.126. The van der Waals surface area contributed by atoms with Crippen LogP contribution in [0.15, 0.2) is 51.4 Å². The number of nitrogens with one attached hydrogen (secondary N) is 1. The van der Waals surface area contributed by atoms with Crippen molar-refractivity contribution in [3.63, 3.8) is 0 Å². The summed E-state index contributed by atoms with van der Waals surface area (Å²) in [7, 11) is 1.56. The van der Waals surface area contributed by atoms with Crippen molar-refractivity contribution in [2.24, 2.45) is 5.73 Å². The third kappa shape index (κ3) is 3.98. The smallest absolute Gasteiger partial charge is 0.244 e. The maximum Gasteiger partial charge on any atom is 0.244 e. The maximum atomic E-state index is 11.8. The van der Waals surface area contributed by atoms with E-state index < -0.39 is 11.9 Å². The number of nitrogens with two attached hydrogens (primary N) is 1. The first kappa shape index (κ1) is 15.9. The molecule has 2 aromatic rings. The number of anilines is 1. The predicted octanol–water partition coefficient (Wildman–Crippen LogP) is 3.86. The summed E-state index contributed by atoms with van der Waals surface area (Å²) in [6, 6.07) is 12.3. The summed E-state index contributed by atoms with van der Waals surface area (Å²) in [5, 5.41) is 3.13. The van der Waals surface area contributed by atoms with Crippen molar-refractivity contribution in [3.05, 3.63) is 57.0 Å². The van der Waals surface area contributed by atoms with E-state index in [1.807, 2.05) is 36.4 Å². The number of ether oxygens (including phenoxy) is 1. The highest BCUT2D eigenvalue weighted by molar-refractivity contribution is 9.10. The van der Waals surface area contributed by atoms with Gasteiger partial charge < -0.3 is 15.8 Å². The van der Waals surface area contributed by atoms with Crippen molar-refractivity contribution in [3.8, 4) is 5.75 Å². The minimum atomic E-state index is -0.682. The highest BCUT2D eigenvalue weighted by Crippen LogP contribution is 2.31. The lowest BCUT2D eigenvalue weighted by Crippen LogP contribution is -2.28. The average Bonchev–Trinajstić information content (AvgIpc) is 2.46. The number of rotatable bonds is 5. The van der Waals surface area contributed by atoms with Gasteiger partial charge in [-0.1, -0.05) is 31.9 Å². The van der Waals surface area contributed by atoms with Crippen molar-refractivity contribution in [1.29, 1.82) is 0 Å². The number of amides is 1. The minimum absolute atomic E-state index is 0.477. The Bertz CT molecular complexity index is 645. The van der Waals surface area contributed by atoms with Crippen LogP contribution in [0.5, 0.6) is 5.75 Å². The van der Waals surface area contributed by atoms with Crippen LogP contribution in [0.1, 0.15) is 11.6 Å². The van der Waals surface area contributed by atoms with Gasteiger partial charge in [0.05, 0.1) is 7.11 Å². The van der Waals surface area contributed by atoms with Crippen LogP contribution in [0.4, 0.5) is 5.69 Å². The molecular weight excluding hydrogens is 400 g/mol. The molecule has 0 aliphatic rings. The monoisotopic (exact) mass is 412 g/mol. The maximum absolute atomic E-state index is 11.8. The molecule has 3 N–H and O–H groups in total. The van der Waals surface area contributed by atoms with Gasteiger partial charge in [-0.05, 0) is 42.5 Å². The van der Waals surface area contributed by atoms with Gasteiger partial charge in [0.15, 0.2) is 0 Å². The first-order valence-electron chi connectivity index (χ1n) is 6.16. The molecule has 0 fully saturated rings. The van der Waals surface area contributed by atoms with E-state index in [1.54, 1.807) is 13.2 Å². The van der Waals surface area contributed by atoms with Gasteiger partial charge in [0.25, 0.3) is 0 Å². The first-order valence-corrected chi connectivity index (χ1v) is 7.74. The van der Waals surface area contributed by atoms with Crippen LogP contribution in [0.2, 0.25) is 0 Å². The molecule has 110 valence electrons. The standard InChI is InChI=1S/C15H14Br2N2O2/c1-21-13-7-4-10(17)8-12(13)14(15(18)20)19-11-5-2-9(16)3-6-11/h2-8,14,19H,1H3,(H2,18,20). The molecule has 0 heterocycles. The van der Waals surface area contributed by atoms with Crippen LogP contribution in [0.25, 0.3) is 0 Å². The van der Waals surface area contributed by atoms with Gasteiger partial charge in [-0.15, -0.1) is 0 Å². The lowest BCUT2D eigenvalue weighted by molar-refractivity contribution is -0.118. The molecule has 0 radical (unpaired) electrons. The Labute approximate surface area is 139 Å². The molecule has 0 aliphatic heterocycles. The Kier molecular flexibility index (Phi) is 5.25. The summed E-state index contributed by atoms with van der Waals surface area (Å²) in [6.45, 7) is 0. The van der Waals surface area contributed by atoms with Gasteiger partial charge in [-0.2, -0.15) is 0 Å². The quantitative estimate of drug-likeness (QED) is 0.782. The molecule has 1 amide bonds. The lowest BCUT2D eigenvalue weighted by atomic mass is 10.0. The molecule has 0 bridgehead atoms. The van der Waals surface area contributed by atoms with Crippen molar-refractivity contribution < 1.29 is 9.53 Å². The number of hydrogen-bond donors (Lipinski definition) is 2. The molecule has 6 heteroatoms. The van der Waals surface area contributed by atoms with Crippen LogP contribution in [-0.4, -0.2) is 13.0 Å². The van der Waals surface area contributed by atoms with E-state index >= 15 is 0 Å². The Hall–Kier alpha value is -1.53. The topological polar surface area (TPSA) is 64.3 Å². The zero-order chi connectivity index (χ0) is 15.4. The van der Waals surface area contributed by atoms with Gasteiger partial charge in [0, 0.05) is 20.2 Å². The summed E-state index contributed by atoms with van der Waals surface area (Å²) in [5.41, 5.74) is 7.02. The number of hydrogen-bond acceptors (Lipinski definition) is 3. The number of halogens is 2. The van der Waals surface area contributed by atoms with Gasteiger partial charge >= 0.3 is 0 Å². The fraction of sp³-hybridized carbons (Fsp3) is 0.133. The summed E-state index contributed by atoms with van der Waals surface area (Å²) in [6.07, 6.45) is 0. The molecule has 21 heavy (non-hydrogen) atoms. The van der Waals surface area contributed by atoms with E-state index in [0.29, 0.717) is 11.3 Å². The van der Waals surface area contributed by atoms with Gasteiger partial charge in [-0.3, -0.25) is 4.79 Å². The molecular formula is C15H14Br2N2O2. The molecule has 0 aromatic heterocycles. The Balaban J connectivity index is 2.37. The highest BCUT2D eigenvalue weighted by Gasteiger charge is 2.22. The normalized spacial score (nSPS) is 11.8. The molecule has 0 spiro atoms. The number of benzene rings is 2. The average molecular weight is 414 g/mol. The molecule has 2 aromatic carbocycles. The van der Waals surface area contributed by atoms with Gasteiger partial charge in [-0.25, -0.2) is 0 Å². The van der Waals surface area contributed by atoms with Crippen LogP contribution in [0, 0.1) is 0 Å². The summed E-state index contributed by atoms with van der Waals surface area (Å²) >= 11 is 6.77. The van der Waals surface area contributed by atoms with Gasteiger partial charge in [0.2, 0.25) is 5.91 Å². The van der Waals surface area contributed by atoms with Crippen molar-refractivity contribution in [2.45, 2.75) is 6.04 Å². The zero-order valence-corrected chi connectivity index (χ0v) is 14.4. The van der Waals surface area contributed by atoms with E-state index in [4.69, 9.17) is 10.5 Å². The van der Waals surface area contributed by atoms with Gasteiger partial charge in [0.1, 0.15) is 11.8 Å².